The van der Waals surface area contributed by atoms with Crippen LogP contribution in [0.25, 0.3) is 0 Å². The number of carbonyl (C=O) groups excluding carboxylic acids is 1. The molecule has 19 heavy (non-hydrogen) atoms. The smallest absolute Gasteiger partial charge is 0.227 e. The first kappa shape index (κ1) is 15.3. The van der Waals surface area contributed by atoms with Crippen LogP contribution in [0.1, 0.15) is 32.3 Å². The van der Waals surface area contributed by atoms with E-state index in [1.807, 2.05) is 13.8 Å². The van der Waals surface area contributed by atoms with E-state index in [1.54, 1.807) is 18.2 Å². The zero-order valence-corrected chi connectivity index (χ0v) is 11.7. The van der Waals surface area contributed by atoms with E-state index in [0.29, 0.717) is 16.3 Å². The molecule has 0 fully saturated rings. The first-order valence-corrected chi connectivity index (χ1v) is 6.49. The number of rotatable bonds is 5. The predicted molar refractivity (Wildman–Crippen MR) is 76.7 cm³/mol. The van der Waals surface area contributed by atoms with Gasteiger partial charge in [0.2, 0.25) is 5.91 Å². The van der Waals surface area contributed by atoms with Gasteiger partial charge in [-0.3, -0.25) is 4.79 Å². The molecule has 104 valence electrons. The van der Waals surface area contributed by atoms with Gasteiger partial charge in [-0.25, -0.2) is 0 Å². The molecule has 0 heterocycles. The summed E-state index contributed by atoms with van der Waals surface area (Å²) in [5.74, 6) is -0.165. The van der Waals surface area contributed by atoms with Crippen LogP contribution in [0.2, 0.25) is 5.02 Å². The molecular formula is C13H18ClN3O2. The van der Waals surface area contributed by atoms with E-state index in [1.165, 1.54) is 0 Å². The summed E-state index contributed by atoms with van der Waals surface area (Å²) < 4.78 is 0. The maximum atomic E-state index is 12.0. The summed E-state index contributed by atoms with van der Waals surface area (Å²) in [5.41, 5.74) is 6.45. The lowest BCUT2D eigenvalue weighted by Gasteiger charge is -2.14. The molecule has 0 saturated heterocycles. The predicted octanol–water partition coefficient (Wildman–Crippen LogP) is 2.81. The van der Waals surface area contributed by atoms with Crippen molar-refractivity contribution in [2.75, 3.05) is 5.32 Å². The Morgan fingerprint density at radius 1 is 1.47 bits per heavy atom. The van der Waals surface area contributed by atoms with Gasteiger partial charge in [-0.2, -0.15) is 0 Å². The number of halogens is 1. The second-order valence-corrected chi connectivity index (χ2v) is 4.59. The summed E-state index contributed by atoms with van der Waals surface area (Å²) in [4.78, 5) is 12.0. The number of benzene rings is 1. The molecule has 1 aromatic carbocycles. The molecule has 0 aliphatic rings. The average molecular weight is 284 g/mol. The number of carbonyl (C=O) groups is 1. The van der Waals surface area contributed by atoms with Crippen LogP contribution in [0.15, 0.2) is 23.4 Å². The first-order valence-electron chi connectivity index (χ1n) is 6.11. The Morgan fingerprint density at radius 2 is 2.11 bits per heavy atom. The van der Waals surface area contributed by atoms with Gasteiger partial charge in [0.1, 0.15) is 0 Å². The molecule has 4 N–H and O–H groups in total. The minimum atomic E-state index is -0.0800. The highest BCUT2D eigenvalue weighted by Gasteiger charge is 2.16. The minimum Gasteiger partial charge on any atom is -0.409 e. The van der Waals surface area contributed by atoms with Gasteiger partial charge in [-0.15, -0.1) is 0 Å². The summed E-state index contributed by atoms with van der Waals surface area (Å²) in [5, 5.41) is 14.7. The summed E-state index contributed by atoms with van der Waals surface area (Å²) in [7, 11) is 0. The zero-order valence-electron chi connectivity index (χ0n) is 11.0. The summed E-state index contributed by atoms with van der Waals surface area (Å²) in [6, 6.07) is 4.79. The third-order valence-electron chi connectivity index (χ3n) is 2.98. The largest absolute Gasteiger partial charge is 0.409 e. The van der Waals surface area contributed by atoms with E-state index in [2.05, 4.69) is 10.5 Å². The third-order valence-corrected chi connectivity index (χ3v) is 3.31. The molecule has 0 aromatic heterocycles. The lowest BCUT2D eigenvalue weighted by atomic mass is 10.0. The molecule has 0 aliphatic carbocycles. The first-order chi connectivity index (χ1) is 9.03. The fourth-order valence-corrected chi connectivity index (χ4v) is 1.90. The number of hydrogen-bond acceptors (Lipinski definition) is 3. The fourth-order valence-electron chi connectivity index (χ4n) is 1.73. The molecule has 0 aliphatic heterocycles. The van der Waals surface area contributed by atoms with Crippen molar-refractivity contribution in [3.63, 3.8) is 0 Å². The van der Waals surface area contributed by atoms with Gasteiger partial charge in [-0.1, -0.05) is 30.6 Å². The highest BCUT2D eigenvalue weighted by molar-refractivity contribution is 6.34. The maximum Gasteiger partial charge on any atom is 0.227 e. The van der Waals surface area contributed by atoms with Gasteiger partial charge in [0.05, 0.1) is 10.7 Å². The van der Waals surface area contributed by atoms with Gasteiger partial charge >= 0.3 is 0 Å². The number of amidine groups is 1. The average Bonchev–Trinajstić information content (AvgIpc) is 2.41. The number of amides is 1. The van der Waals surface area contributed by atoms with E-state index in [9.17, 15) is 4.79 Å². The fraction of sp³-hybridized carbons (Fsp3) is 0.385. The standard InChI is InChI=1S/C13H18ClN3O2/c1-3-8(4-2)13(18)16-11-7-9(12(15)17-19)5-6-10(11)14/h5-8,19H,3-4H2,1-2H3,(H2,15,17)(H,16,18). The van der Waals surface area contributed by atoms with E-state index < -0.39 is 0 Å². The van der Waals surface area contributed by atoms with Crippen LogP contribution in [0.4, 0.5) is 5.69 Å². The normalized spacial score (nSPS) is 11.7. The SMILES string of the molecule is CCC(CC)C(=O)Nc1cc(C(N)=NO)ccc1Cl. The van der Waals surface area contributed by atoms with Crippen molar-refractivity contribution in [1.29, 1.82) is 0 Å². The summed E-state index contributed by atoms with van der Waals surface area (Å²) in [6.07, 6.45) is 1.53. The van der Waals surface area contributed by atoms with Crippen LogP contribution in [0.5, 0.6) is 0 Å². The van der Waals surface area contributed by atoms with E-state index in [4.69, 9.17) is 22.5 Å². The molecule has 0 saturated carbocycles. The van der Waals surface area contributed by atoms with Gasteiger partial charge in [0.25, 0.3) is 0 Å². The van der Waals surface area contributed by atoms with Crippen molar-refractivity contribution in [3.05, 3.63) is 28.8 Å². The molecule has 5 nitrogen and oxygen atoms in total. The Morgan fingerprint density at radius 3 is 2.63 bits per heavy atom. The lowest BCUT2D eigenvalue weighted by molar-refractivity contribution is -0.120. The highest BCUT2D eigenvalue weighted by Crippen LogP contribution is 2.24. The van der Waals surface area contributed by atoms with E-state index in [0.717, 1.165) is 12.8 Å². The van der Waals surface area contributed by atoms with Crippen LogP contribution in [-0.2, 0) is 4.79 Å². The molecule has 1 amide bonds. The van der Waals surface area contributed by atoms with Crippen molar-refractivity contribution in [2.45, 2.75) is 26.7 Å². The number of nitrogens with one attached hydrogen (secondary N) is 1. The van der Waals surface area contributed by atoms with Crippen molar-refractivity contribution in [3.8, 4) is 0 Å². The third kappa shape index (κ3) is 3.86. The van der Waals surface area contributed by atoms with Crippen molar-refractivity contribution in [1.82, 2.24) is 0 Å². The number of anilines is 1. The molecule has 0 atom stereocenters. The number of oxime groups is 1. The molecule has 0 bridgehead atoms. The number of hydrogen-bond donors (Lipinski definition) is 3. The minimum absolute atomic E-state index is 0.0327. The molecule has 0 spiro atoms. The van der Waals surface area contributed by atoms with Crippen LogP contribution in [0, 0.1) is 5.92 Å². The zero-order chi connectivity index (χ0) is 14.4. The highest BCUT2D eigenvalue weighted by atomic mass is 35.5. The quantitative estimate of drug-likeness (QED) is 0.336. The monoisotopic (exact) mass is 283 g/mol. The van der Waals surface area contributed by atoms with Crippen LogP contribution >= 0.6 is 11.6 Å². The van der Waals surface area contributed by atoms with E-state index >= 15 is 0 Å². The van der Waals surface area contributed by atoms with Gasteiger partial charge in [0, 0.05) is 11.5 Å². The van der Waals surface area contributed by atoms with Crippen molar-refractivity contribution < 1.29 is 10.0 Å². The Hall–Kier alpha value is -1.75. The topological polar surface area (TPSA) is 87.7 Å². The van der Waals surface area contributed by atoms with E-state index in [-0.39, 0.29) is 17.7 Å². The molecule has 0 unspecified atom stereocenters. The molecule has 0 radical (unpaired) electrons. The van der Waals surface area contributed by atoms with Gasteiger partial charge < -0.3 is 16.3 Å². The van der Waals surface area contributed by atoms with Crippen LogP contribution < -0.4 is 11.1 Å². The lowest BCUT2D eigenvalue weighted by Crippen LogP contribution is -2.22. The number of nitrogens with zero attached hydrogens (tertiary/aromatic N) is 1. The summed E-state index contributed by atoms with van der Waals surface area (Å²) >= 11 is 6.02. The summed E-state index contributed by atoms with van der Waals surface area (Å²) in [6.45, 7) is 3.92. The van der Waals surface area contributed by atoms with Crippen molar-refractivity contribution >= 4 is 29.0 Å². The Labute approximate surface area is 117 Å². The second-order valence-electron chi connectivity index (χ2n) is 4.18. The van der Waals surface area contributed by atoms with Crippen molar-refractivity contribution in [2.24, 2.45) is 16.8 Å². The number of nitrogens with two attached hydrogens (primary N) is 1. The Bertz CT molecular complexity index is 485. The van der Waals surface area contributed by atoms with Gasteiger partial charge in [0.15, 0.2) is 5.84 Å². The second kappa shape index (κ2) is 6.99. The Balaban J connectivity index is 2.97. The van der Waals surface area contributed by atoms with Crippen LogP contribution in [0.3, 0.4) is 0 Å². The molecule has 1 aromatic rings. The maximum absolute atomic E-state index is 12.0. The van der Waals surface area contributed by atoms with Crippen LogP contribution in [-0.4, -0.2) is 17.0 Å². The molecular weight excluding hydrogens is 266 g/mol. The Kier molecular flexibility index (Phi) is 5.63. The molecule has 6 heteroatoms. The molecule has 1 rings (SSSR count). The van der Waals surface area contributed by atoms with Gasteiger partial charge in [-0.05, 0) is 31.0 Å².